The molecule has 0 N–H and O–H groups in total. The molecule has 0 spiro atoms. The molecule has 0 aliphatic heterocycles. The Kier molecular flexibility index (Phi) is 5.96. The number of aryl methyl sites for hydroxylation is 2. The zero-order chi connectivity index (χ0) is 20.3. The van der Waals surface area contributed by atoms with Gasteiger partial charge in [-0.2, -0.15) is 4.99 Å². The van der Waals surface area contributed by atoms with Gasteiger partial charge < -0.3 is 4.57 Å². The van der Waals surface area contributed by atoms with Crippen LogP contribution in [0.3, 0.4) is 0 Å². The van der Waals surface area contributed by atoms with Crippen molar-refractivity contribution in [3.8, 4) is 0 Å². The highest BCUT2D eigenvalue weighted by molar-refractivity contribution is 7.91. The summed E-state index contributed by atoms with van der Waals surface area (Å²) in [7, 11) is -3.51. The number of amides is 1. The van der Waals surface area contributed by atoms with Crippen LogP contribution in [0.15, 0.2) is 65.0 Å². The van der Waals surface area contributed by atoms with E-state index in [1.807, 2.05) is 18.4 Å². The highest BCUT2D eigenvalue weighted by atomic mass is 32.2. The lowest BCUT2D eigenvalue weighted by atomic mass is 10.1. The maximum Gasteiger partial charge on any atom is 0.249 e. The second-order valence-electron chi connectivity index (χ2n) is 6.60. The molecule has 0 radical (unpaired) electrons. The van der Waals surface area contributed by atoms with Gasteiger partial charge in [0.15, 0.2) is 14.6 Å². The number of carbonyl (C=O) groups excluding carboxylic acids is 1. The van der Waals surface area contributed by atoms with Crippen molar-refractivity contribution >= 4 is 37.3 Å². The van der Waals surface area contributed by atoms with Gasteiger partial charge in [-0.1, -0.05) is 41.7 Å². The second kappa shape index (κ2) is 8.24. The van der Waals surface area contributed by atoms with Crippen LogP contribution < -0.4 is 4.80 Å². The zero-order valence-electron chi connectivity index (χ0n) is 15.9. The number of hydrogen-bond acceptors (Lipinski definition) is 4. The lowest BCUT2D eigenvalue weighted by Crippen LogP contribution is -2.17. The molecule has 1 amide bonds. The topological polar surface area (TPSA) is 68.5 Å². The summed E-state index contributed by atoms with van der Waals surface area (Å²) in [6.45, 7) is 8.37. The SMILES string of the molecule is C=CCn1c(=NC(=O)CCS(=O)(=O)c2ccccc2)sc2c(C)cc(C)cc21. The molecule has 1 aromatic heterocycles. The molecule has 0 saturated heterocycles. The summed E-state index contributed by atoms with van der Waals surface area (Å²) in [6.07, 6.45) is 1.60. The van der Waals surface area contributed by atoms with Gasteiger partial charge in [0.05, 0.1) is 20.9 Å². The summed E-state index contributed by atoms with van der Waals surface area (Å²) in [5.74, 6) is -0.706. The monoisotopic (exact) mass is 414 g/mol. The van der Waals surface area contributed by atoms with Crippen molar-refractivity contribution in [3.63, 3.8) is 0 Å². The van der Waals surface area contributed by atoms with Crippen LogP contribution in [0.1, 0.15) is 17.5 Å². The first-order valence-corrected chi connectivity index (χ1v) is 11.4. The number of hydrogen-bond donors (Lipinski definition) is 0. The number of carbonyl (C=O) groups is 1. The first kappa shape index (κ1) is 20.2. The molecular formula is C21H22N2O3S2. The van der Waals surface area contributed by atoms with E-state index in [1.165, 1.54) is 23.5 Å². The number of sulfone groups is 1. The van der Waals surface area contributed by atoms with E-state index in [-0.39, 0.29) is 17.1 Å². The van der Waals surface area contributed by atoms with Crippen LogP contribution in [0.25, 0.3) is 10.2 Å². The molecule has 0 saturated carbocycles. The molecule has 0 aliphatic carbocycles. The average molecular weight is 415 g/mol. The van der Waals surface area contributed by atoms with E-state index in [0.29, 0.717) is 11.3 Å². The maximum atomic E-state index is 12.4. The van der Waals surface area contributed by atoms with Gasteiger partial charge >= 0.3 is 0 Å². The van der Waals surface area contributed by atoms with E-state index >= 15 is 0 Å². The second-order valence-corrected chi connectivity index (χ2v) is 9.69. The van der Waals surface area contributed by atoms with E-state index in [2.05, 4.69) is 23.7 Å². The van der Waals surface area contributed by atoms with E-state index in [9.17, 15) is 13.2 Å². The normalized spacial score (nSPS) is 12.4. The summed E-state index contributed by atoms with van der Waals surface area (Å²) in [5, 5.41) is 0. The van der Waals surface area contributed by atoms with Crippen LogP contribution >= 0.6 is 11.3 Å². The van der Waals surface area contributed by atoms with Crippen LogP contribution in [0.4, 0.5) is 0 Å². The molecule has 3 rings (SSSR count). The van der Waals surface area contributed by atoms with Crippen LogP contribution in [-0.4, -0.2) is 24.6 Å². The van der Waals surface area contributed by atoms with Gasteiger partial charge in [-0.25, -0.2) is 8.42 Å². The van der Waals surface area contributed by atoms with Crippen molar-refractivity contribution in [2.45, 2.75) is 31.7 Å². The quantitative estimate of drug-likeness (QED) is 0.576. The van der Waals surface area contributed by atoms with E-state index in [4.69, 9.17) is 0 Å². The first-order valence-electron chi connectivity index (χ1n) is 8.88. The average Bonchev–Trinajstić information content (AvgIpc) is 2.99. The Labute approximate surface area is 168 Å². The predicted molar refractivity (Wildman–Crippen MR) is 113 cm³/mol. The third kappa shape index (κ3) is 4.31. The van der Waals surface area contributed by atoms with Gasteiger partial charge in [-0.15, -0.1) is 6.58 Å². The smallest absolute Gasteiger partial charge is 0.249 e. The third-order valence-electron chi connectivity index (χ3n) is 4.33. The predicted octanol–water partition coefficient (Wildman–Crippen LogP) is 3.80. The molecule has 28 heavy (non-hydrogen) atoms. The number of nitrogens with zero attached hydrogens (tertiary/aromatic N) is 2. The summed E-state index contributed by atoms with van der Waals surface area (Å²) < 4.78 is 27.8. The largest absolute Gasteiger partial charge is 0.312 e. The van der Waals surface area contributed by atoms with Gasteiger partial charge in [-0.05, 0) is 43.2 Å². The lowest BCUT2D eigenvalue weighted by molar-refractivity contribution is -0.117. The first-order chi connectivity index (χ1) is 13.3. The minimum atomic E-state index is -3.51. The van der Waals surface area contributed by atoms with Gasteiger partial charge in [-0.3, -0.25) is 4.79 Å². The lowest BCUT2D eigenvalue weighted by Gasteiger charge is -2.04. The van der Waals surface area contributed by atoms with E-state index in [0.717, 1.165) is 21.3 Å². The highest BCUT2D eigenvalue weighted by Gasteiger charge is 2.16. The Morgan fingerprint density at radius 3 is 2.61 bits per heavy atom. The molecule has 5 nitrogen and oxygen atoms in total. The molecule has 0 fully saturated rings. The highest BCUT2D eigenvalue weighted by Crippen LogP contribution is 2.23. The van der Waals surface area contributed by atoms with Crippen LogP contribution in [-0.2, 0) is 21.2 Å². The zero-order valence-corrected chi connectivity index (χ0v) is 17.5. The molecule has 0 atom stereocenters. The van der Waals surface area contributed by atoms with Crippen LogP contribution in [0.5, 0.6) is 0 Å². The number of benzene rings is 2. The fourth-order valence-electron chi connectivity index (χ4n) is 3.03. The molecular weight excluding hydrogens is 392 g/mol. The van der Waals surface area contributed by atoms with Gasteiger partial charge in [0, 0.05) is 13.0 Å². The van der Waals surface area contributed by atoms with Crippen molar-refractivity contribution in [1.82, 2.24) is 4.57 Å². The van der Waals surface area contributed by atoms with Gasteiger partial charge in [0.1, 0.15) is 0 Å². The third-order valence-corrected chi connectivity index (χ3v) is 7.29. The van der Waals surface area contributed by atoms with E-state index < -0.39 is 15.7 Å². The van der Waals surface area contributed by atoms with Crippen molar-refractivity contribution in [2.24, 2.45) is 4.99 Å². The molecule has 3 aromatic rings. The number of aromatic nitrogens is 1. The number of fused-ring (bicyclic) bond motifs is 1. The number of rotatable bonds is 6. The molecule has 1 heterocycles. The molecule has 146 valence electrons. The fourth-order valence-corrected chi connectivity index (χ4v) is 5.39. The van der Waals surface area contributed by atoms with Crippen LogP contribution in [0.2, 0.25) is 0 Å². The van der Waals surface area contributed by atoms with Crippen molar-refractivity contribution in [2.75, 3.05) is 5.75 Å². The Morgan fingerprint density at radius 2 is 1.93 bits per heavy atom. The molecule has 2 aromatic carbocycles. The van der Waals surface area contributed by atoms with Crippen molar-refractivity contribution in [1.29, 1.82) is 0 Å². The Bertz CT molecular complexity index is 1200. The minimum Gasteiger partial charge on any atom is -0.312 e. The van der Waals surface area contributed by atoms with Crippen molar-refractivity contribution < 1.29 is 13.2 Å². The molecule has 0 bridgehead atoms. The maximum absolute atomic E-state index is 12.4. The van der Waals surface area contributed by atoms with Gasteiger partial charge in [0.2, 0.25) is 5.91 Å². The summed E-state index contributed by atoms with van der Waals surface area (Å²) in [5.41, 5.74) is 3.26. The number of thiazole rings is 1. The standard InChI is InChI=1S/C21H22N2O3S2/c1-4-11-23-18-14-15(2)13-16(3)20(18)27-21(23)22-19(24)10-12-28(25,26)17-8-6-5-7-9-17/h4-9,13-14H,1,10-12H2,2-3H3. The Balaban J connectivity index is 1.91. The molecule has 0 unspecified atom stereocenters. The molecule has 7 heteroatoms. The summed E-state index contributed by atoms with van der Waals surface area (Å²) in [4.78, 5) is 17.4. The fraction of sp³-hybridized carbons (Fsp3) is 0.238. The summed E-state index contributed by atoms with van der Waals surface area (Å²) in [6, 6.07) is 12.3. The Morgan fingerprint density at radius 1 is 1.21 bits per heavy atom. The van der Waals surface area contributed by atoms with Crippen LogP contribution in [0, 0.1) is 13.8 Å². The number of allylic oxidation sites excluding steroid dienone is 1. The van der Waals surface area contributed by atoms with E-state index in [1.54, 1.807) is 24.3 Å². The van der Waals surface area contributed by atoms with Gasteiger partial charge in [0.25, 0.3) is 0 Å². The molecule has 0 aliphatic rings. The minimum absolute atomic E-state index is 0.155. The van der Waals surface area contributed by atoms with Crippen molar-refractivity contribution in [3.05, 3.63) is 71.0 Å². The summed E-state index contributed by atoms with van der Waals surface area (Å²) >= 11 is 1.44. The Hall–Kier alpha value is -2.51.